The van der Waals surface area contributed by atoms with Crippen LogP contribution in [0.15, 0.2) is 18.2 Å². The number of aryl methyl sites for hydroxylation is 2. The van der Waals surface area contributed by atoms with Crippen molar-refractivity contribution >= 4 is 17.6 Å². The second-order valence-corrected chi connectivity index (χ2v) is 5.02. The Morgan fingerprint density at radius 1 is 1.16 bits per heavy atom. The zero-order valence-corrected chi connectivity index (χ0v) is 11.8. The third-order valence-corrected chi connectivity index (χ3v) is 3.02. The Morgan fingerprint density at radius 3 is 2.26 bits per heavy atom. The Bertz CT molecular complexity index is 484. The fourth-order valence-electron chi connectivity index (χ4n) is 1.73. The molecule has 1 aromatic carbocycles. The predicted octanol–water partition coefficient (Wildman–Crippen LogP) is 1.93. The molecule has 4 N–H and O–H groups in total. The highest BCUT2D eigenvalue weighted by molar-refractivity contribution is 5.97. The summed E-state index contributed by atoms with van der Waals surface area (Å²) in [5.74, 6) is -0.309. The summed E-state index contributed by atoms with van der Waals surface area (Å²) in [6.07, 6.45) is 0. The number of benzene rings is 1. The SMILES string of the molecule is Cc1ccc(NC(=O)[C@@H](NC(N)=O)C(C)C)cc1C. The van der Waals surface area contributed by atoms with Crippen molar-refractivity contribution in [3.05, 3.63) is 29.3 Å². The molecular weight excluding hydrogens is 242 g/mol. The molecule has 0 saturated heterocycles. The maximum absolute atomic E-state index is 12.1. The number of amides is 3. The first-order chi connectivity index (χ1) is 8.81. The second-order valence-electron chi connectivity index (χ2n) is 5.02. The van der Waals surface area contributed by atoms with E-state index in [9.17, 15) is 9.59 Å². The van der Waals surface area contributed by atoms with Crippen LogP contribution in [0, 0.1) is 19.8 Å². The van der Waals surface area contributed by atoms with Gasteiger partial charge in [0.05, 0.1) is 0 Å². The number of rotatable bonds is 4. The molecule has 0 heterocycles. The number of hydrogen-bond acceptors (Lipinski definition) is 2. The summed E-state index contributed by atoms with van der Waals surface area (Å²) in [6, 6.07) is 4.33. The largest absolute Gasteiger partial charge is 0.352 e. The van der Waals surface area contributed by atoms with Gasteiger partial charge in [-0.2, -0.15) is 0 Å². The van der Waals surface area contributed by atoms with Crippen LogP contribution in [-0.2, 0) is 4.79 Å². The van der Waals surface area contributed by atoms with Gasteiger partial charge in [-0.15, -0.1) is 0 Å². The lowest BCUT2D eigenvalue weighted by molar-refractivity contribution is -0.118. The van der Waals surface area contributed by atoms with Gasteiger partial charge in [-0.1, -0.05) is 19.9 Å². The van der Waals surface area contributed by atoms with Crippen LogP contribution < -0.4 is 16.4 Å². The van der Waals surface area contributed by atoms with E-state index in [1.165, 1.54) is 0 Å². The van der Waals surface area contributed by atoms with E-state index >= 15 is 0 Å². The fraction of sp³-hybridized carbons (Fsp3) is 0.429. The number of carbonyl (C=O) groups excluding carboxylic acids is 2. The summed E-state index contributed by atoms with van der Waals surface area (Å²) in [6.45, 7) is 7.68. The monoisotopic (exact) mass is 263 g/mol. The molecule has 3 amide bonds. The highest BCUT2D eigenvalue weighted by Gasteiger charge is 2.23. The lowest BCUT2D eigenvalue weighted by atomic mass is 10.0. The summed E-state index contributed by atoms with van der Waals surface area (Å²) >= 11 is 0. The molecule has 0 radical (unpaired) electrons. The van der Waals surface area contributed by atoms with E-state index in [1.807, 2.05) is 45.9 Å². The van der Waals surface area contributed by atoms with Gasteiger partial charge in [-0.3, -0.25) is 4.79 Å². The van der Waals surface area contributed by atoms with Crippen LogP contribution in [0.5, 0.6) is 0 Å². The molecule has 0 fully saturated rings. The van der Waals surface area contributed by atoms with Crippen molar-refractivity contribution in [1.82, 2.24) is 5.32 Å². The quantitative estimate of drug-likeness (QED) is 0.775. The molecule has 1 rings (SSSR count). The van der Waals surface area contributed by atoms with Gasteiger partial charge in [-0.05, 0) is 43.0 Å². The smallest absolute Gasteiger partial charge is 0.312 e. The lowest BCUT2D eigenvalue weighted by Gasteiger charge is -2.20. The van der Waals surface area contributed by atoms with Gasteiger partial charge < -0.3 is 16.4 Å². The average Bonchev–Trinajstić information content (AvgIpc) is 2.30. The Hall–Kier alpha value is -2.04. The van der Waals surface area contributed by atoms with Gasteiger partial charge in [0.1, 0.15) is 6.04 Å². The normalized spacial score (nSPS) is 12.1. The summed E-state index contributed by atoms with van der Waals surface area (Å²) in [5.41, 5.74) is 8.05. The van der Waals surface area contributed by atoms with E-state index in [0.717, 1.165) is 11.1 Å². The molecule has 0 aromatic heterocycles. The van der Waals surface area contributed by atoms with Gasteiger partial charge in [0.25, 0.3) is 0 Å². The topological polar surface area (TPSA) is 84.2 Å². The molecule has 5 nitrogen and oxygen atoms in total. The molecule has 104 valence electrons. The number of anilines is 1. The van der Waals surface area contributed by atoms with Crippen LogP contribution in [0.4, 0.5) is 10.5 Å². The minimum Gasteiger partial charge on any atom is -0.352 e. The molecule has 1 atom stereocenters. The van der Waals surface area contributed by atoms with Crippen LogP contribution in [0.2, 0.25) is 0 Å². The van der Waals surface area contributed by atoms with Gasteiger partial charge in [-0.25, -0.2) is 4.79 Å². The standard InChI is InChI=1S/C14H21N3O2/c1-8(2)12(17-14(15)19)13(18)16-11-6-5-9(3)10(4)7-11/h5-8,12H,1-4H3,(H,16,18)(H3,15,17,19)/t12-/m0/s1. The summed E-state index contributed by atoms with van der Waals surface area (Å²) in [5, 5.41) is 5.24. The van der Waals surface area contributed by atoms with E-state index in [0.29, 0.717) is 5.69 Å². The van der Waals surface area contributed by atoms with Crippen molar-refractivity contribution in [3.63, 3.8) is 0 Å². The van der Waals surface area contributed by atoms with E-state index in [2.05, 4.69) is 10.6 Å². The molecule has 0 saturated carbocycles. The summed E-state index contributed by atoms with van der Waals surface area (Å²) in [4.78, 5) is 23.0. The third-order valence-electron chi connectivity index (χ3n) is 3.02. The summed E-state index contributed by atoms with van der Waals surface area (Å²) < 4.78 is 0. The third kappa shape index (κ3) is 4.28. The molecule has 5 heteroatoms. The average molecular weight is 263 g/mol. The van der Waals surface area contributed by atoms with Gasteiger partial charge >= 0.3 is 6.03 Å². The number of carbonyl (C=O) groups is 2. The van der Waals surface area contributed by atoms with Gasteiger partial charge in [0.15, 0.2) is 0 Å². The maximum atomic E-state index is 12.1. The number of nitrogens with one attached hydrogen (secondary N) is 2. The zero-order valence-electron chi connectivity index (χ0n) is 11.8. The second kappa shape index (κ2) is 6.22. The molecule has 0 spiro atoms. The van der Waals surface area contributed by atoms with Crippen molar-refractivity contribution in [2.45, 2.75) is 33.7 Å². The highest BCUT2D eigenvalue weighted by atomic mass is 16.2. The Morgan fingerprint density at radius 2 is 1.79 bits per heavy atom. The van der Waals surface area contributed by atoms with Crippen molar-refractivity contribution in [2.24, 2.45) is 11.7 Å². The Labute approximate surface area is 113 Å². The first-order valence-electron chi connectivity index (χ1n) is 6.25. The van der Waals surface area contributed by atoms with E-state index in [-0.39, 0.29) is 11.8 Å². The minimum atomic E-state index is -0.700. The van der Waals surface area contributed by atoms with E-state index < -0.39 is 12.1 Å². The molecule has 0 aliphatic rings. The Balaban J connectivity index is 2.81. The van der Waals surface area contributed by atoms with Crippen molar-refractivity contribution in [1.29, 1.82) is 0 Å². The predicted molar refractivity (Wildman–Crippen MR) is 75.9 cm³/mol. The van der Waals surface area contributed by atoms with Crippen molar-refractivity contribution in [3.8, 4) is 0 Å². The molecule has 0 unspecified atom stereocenters. The molecule has 0 bridgehead atoms. The minimum absolute atomic E-state index is 0.0426. The number of nitrogens with two attached hydrogens (primary N) is 1. The fourth-order valence-corrected chi connectivity index (χ4v) is 1.73. The Kier molecular flexibility index (Phi) is 4.92. The highest BCUT2D eigenvalue weighted by Crippen LogP contribution is 2.15. The van der Waals surface area contributed by atoms with Crippen molar-refractivity contribution < 1.29 is 9.59 Å². The lowest BCUT2D eigenvalue weighted by Crippen LogP contribution is -2.49. The van der Waals surface area contributed by atoms with Crippen LogP contribution in [0.1, 0.15) is 25.0 Å². The number of hydrogen-bond donors (Lipinski definition) is 3. The van der Waals surface area contributed by atoms with E-state index in [4.69, 9.17) is 5.73 Å². The van der Waals surface area contributed by atoms with E-state index in [1.54, 1.807) is 0 Å². The van der Waals surface area contributed by atoms with Gasteiger partial charge in [0.2, 0.25) is 5.91 Å². The number of primary amides is 1. The first-order valence-corrected chi connectivity index (χ1v) is 6.25. The molecule has 19 heavy (non-hydrogen) atoms. The molecule has 1 aromatic rings. The van der Waals surface area contributed by atoms with Crippen molar-refractivity contribution in [2.75, 3.05) is 5.32 Å². The van der Waals surface area contributed by atoms with Crippen LogP contribution >= 0.6 is 0 Å². The molecule has 0 aliphatic carbocycles. The zero-order chi connectivity index (χ0) is 14.6. The number of urea groups is 1. The van der Waals surface area contributed by atoms with Crippen LogP contribution in [-0.4, -0.2) is 18.0 Å². The van der Waals surface area contributed by atoms with Gasteiger partial charge in [0, 0.05) is 5.69 Å². The molecular formula is C14H21N3O2. The van der Waals surface area contributed by atoms with Crippen LogP contribution in [0.25, 0.3) is 0 Å². The van der Waals surface area contributed by atoms with Crippen LogP contribution in [0.3, 0.4) is 0 Å². The molecule has 0 aliphatic heterocycles. The first kappa shape index (κ1) is 15.0. The maximum Gasteiger partial charge on any atom is 0.312 e. The summed E-state index contributed by atoms with van der Waals surface area (Å²) in [7, 11) is 0.